The van der Waals surface area contributed by atoms with Gasteiger partial charge in [0.2, 0.25) is 0 Å². The molecule has 0 radical (unpaired) electrons. The molecule has 0 aromatic heterocycles. The van der Waals surface area contributed by atoms with E-state index in [9.17, 15) is 5.11 Å². The highest BCUT2D eigenvalue weighted by Crippen LogP contribution is 2.68. The number of rotatable bonds is 3. The molecule has 4 fully saturated rings. The van der Waals surface area contributed by atoms with Crippen molar-refractivity contribution in [1.29, 1.82) is 0 Å². The minimum Gasteiger partial charge on any atom is -0.396 e. The summed E-state index contributed by atoms with van der Waals surface area (Å²) in [5, 5.41) is 9.86. The molecular weight excluding hydrogens is 332 g/mol. The molecule has 5 rings (SSSR count). The van der Waals surface area contributed by atoms with Crippen LogP contribution >= 0.6 is 0 Å². The van der Waals surface area contributed by atoms with Gasteiger partial charge in [-0.3, -0.25) is 0 Å². The van der Waals surface area contributed by atoms with Crippen molar-refractivity contribution < 1.29 is 24.1 Å². The van der Waals surface area contributed by atoms with E-state index >= 15 is 0 Å². The zero-order chi connectivity index (χ0) is 17.7. The summed E-state index contributed by atoms with van der Waals surface area (Å²) in [6.07, 6.45) is 13.0. The van der Waals surface area contributed by atoms with E-state index in [0.717, 1.165) is 51.4 Å². The van der Waals surface area contributed by atoms with Gasteiger partial charge in [0.25, 0.3) is 0 Å². The number of ether oxygens (including phenoxy) is 4. The van der Waals surface area contributed by atoms with Crippen LogP contribution in [0.4, 0.5) is 0 Å². The van der Waals surface area contributed by atoms with Crippen molar-refractivity contribution in [3.63, 3.8) is 0 Å². The van der Waals surface area contributed by atoms with E-state index in [2.05, 4.69) is 12.2 Å². The van der Waals surface area contributed by atoms with Gasteiger partial charge in [0.1, 0.15) is 0 Å². The molecule has 0 unspecified atom stereocenters. The molecule has 5 heteroatoms. The molecule has 5 aliphatic rings. The van der Waals surface area contributed by atoms with Crippen LogP contribution in [0.1, 0.15) is 51.4 Å². The van der Waals surface area contributed by atoms with Gasteiger partial charge in [0.15, 0.2) is 12.1 Å². The quantitative estimate of drug-likeness (QED) is 0.780. The molecule has 4 atom stereocenters. The van der Waals surface area contributed by atoms with Gasteiger partial charge < -0.3 is 24.1 Å². The Bertz CT molecular complexity index is 551. The third-order valence-corrected chi connectivity index (χ3v) is 8.04. The third kappa shape index (κ3) is 2.34. The summed E-state index contributed by atoms with van der Waals surface area (Å²) in [5.41, 5.74) is -0.00673. The maximum Gasteiger partial charge on any atom is 0.172 e. The number of allylic oxidation sites excluding steroid dienone is 2. The average Bonchev–Trinajstić information content (AvgIpc) is 3.35. The first-order chi connectivity index (χ1) is 12.8. The van der Waals surface area contributed by atoms with Crippen LogP contribution in [-0.4, -0.2) is 50.2 Å². The lowest BCUT2D eigenvalue weighted by molar-refractivity contribution is -0.319. The maximum atomic E-state index is 9.86. The van der Waals surface area contributed by atoms with E-state index in [4.69, 9.17) is 18.9 Å². The monoisotopic (exact) mass is 364 g/mol. The van der Waals surface area contributed by atoms with Crippen LogP contribution < -0.4 is 0 Å². The second-order valence-corrected chi connectivity index (χ2v) is 8.88. The molecule has 0 bridgehead atoms. The second kappa shape index (κ2) is 6.56. The average molecular weight is 364 g/mol. The van der Waals surface area contributed by atoms with Gasteiger partial charge in [-0.25, -0.2) is 0 Å². The van der Waals surface area contributed by atoms with Gasteiger partial charge in [-0.1, -0.05) is 12.2 Å². The Hall–Kier alpha value is -0.460. The largest absolute Gasteiger partial charge is 0.396 e. The Balaban J connectivity index is 1.61. The fourth-order valence-corrected chi connectivity index (χ4v) is 7.29. The molecule has 26 heavy (non-hydrogen) atoms. The summed E-state index contributed by atoms with van der Waals surface area (Å²) in [7, 11) is 0. The highest BCUT2D eigenvalue weighted by atomic mass is 16.7. The van der Waals surface area contributed by atoms with E-state index in [1.165, 1.54) is 0 Å². The van der Waals surface area contributed by atoms with E-state index < -0.39 is 5.79 Å². The van der Waals surface area contributed by atoms with Crippen molar-refractivity contribution in [2.24, 2.45) is 22.7 Å². The van der Waals surface area contributed by atoms with E-state index in [0.29, 0.717) is 38.3 Å². The van der Waals surface area contributed by atoms with Gasteiger partial charge in [0.05, 0.1) is 26.4 Å². The highest BCUT2D eigenvalue weighted by Gasteiger charge is 2.68. The topological polar surface area (TPSA) is 57.2 Å². The van der Waals surface area contributed by atoms with Crippen LogP contribution in [0.3, 0.4) is 0 Å². The maximum absolute atomic E-state index is 9.86. The molecule has 2 saturated carbocycles. The molecule has 0 aromatic carbocycles. The van der Waals surface area contributed by atoms with Gasteiger partial charge in [-0.2, -0.15) is 0 Å². The van der Waals surface area contributed by atoms with Gasteiger partial charge in [0, 0.05) is 24.4 Å². The van der Waals surface area contributed by atoms with Gasteiger partial charge >= 0.3 is 0 Å². The SMILES string of the molecule is OCC[C@]12C=CCC[C@H]1[C@]1(C3OCCO3)CCCC3(OCCO3)[C@H]1CC2. The van der Waals surface area contributed by atoms with Crippen LogP contribution in [-0.2, 0) is 18.9 Å². The predicted molar refractivity (Wildman–Crippen MR) is 95.3 cm³/mol. The number of fused-ring (bicyclic) bond motifs is 4. The molecule has 2 heterocycles. The molecule has 2 aliphatic heterocycles. The van der Waals surface area contributed by atoms with Gasteiger partial charge in [-0.15, -0.1) is 0 Å². The van der Waals surface area contributed by atoms with E-state index in [1.54, 1.807) is 0 Å². The molecule has 1 spiro atoms. The number of aliphatic hydroxyl groups is 1. The van der Waals surface area contributed by atoms with Crippen molar-refractivity contribution in [2.75, 3.05) is 33.0 Å². The van der Waals surface area contributed by atoms with Crippen LogP contribution in [0.5, 0.6) is 0 Å². The Kier molecular flexibility index (Phi) is 4.45. The van der Waals surface area contributed by atoms with E-state index in [-0.39, 0.29) is 23.7 Å². The second-order valence-electron chi connectivity index (χ2n) is 8.88. The van der Waals surface area contributed by atoms with Crippen LogP contribution in [0.2, 0.25) is 0 Å². The summed E-state index contributed by atoms with van der Waals surface area (Å²) in [6.45, 7) is 3.01. The minimum absolute atomic E-state index is 0.0654. The smallest absolute Gasteiger partial charge is 0.172 e. The van der Waals surface area contributed by atoms with Crippen LogP contribution in [0.15, 0.2) is 12.2 Å². The zero-order valence-electron chi connectivity index (χ0n) is 15.7. The summed E-state index contributed by atoms with van der Waals surface area (Å²) in [6, 6.07) is 0. The summed E-state index contributed by atoms with van der Waals surface area (Å²) in [4.78, 5) is 0. The predicted octanol–water partition coefficient (Wildman–Crippen LogP) is 3.02. The minimum atomic E-state index is -0.444. The van der Waals surface area contributed by atoms with Crippen LogP contribution in [0.25, 0.3) is 0 Å². The van der Waals surface area contributed by atoms with Crippen molar-refractivity contribution in [3.05, 3.63) is 12.2 Å². The molecule has 146 valence electrons. The Labute approximate surface area is 156 Å². The molecule has 5 nitrogen and oxygen atoms in total. The summed E-state index contributed by atoms with van der Waals surface area (Å²) in [5.74, 6) is 0.330. The lowest BCUT2D eigenvalue weighted by Gasteiger charge is -2.64. The van der Waals surface area contributed by atoms with Crippen molar-refractivity contribution >= 4 is 0 Å². The molecule has 1 N–H and O–H groups in total. The molecule has 2 saturated heterocycles. The Morgan fingerprint density at radius 1 is 0.923 bits per heavy atom. The molecule has 3 aliphatic carbocycles. The normalized spacial score (nSPS) is 45.0. The first-order valence-electron chi connectivity index (χ1n) is 10.6. The number of hydrogen-bond donors (Lipinski definition) is 1. The fourth-order valence-electron chi connectivity index (χ4n) is 7.29. The fraction of sp³-hybridized carbons (Fsp3) is 0.905. The Morgan fingerprint density at radius 2 is 1.73 bits per heavy atom. The molecule has 0 aromatic rings. The molecule has 0 amide bonds. The lowest BCUT2D eigenvalue weighted by Crippen LogP contribution is -2.65. The summed E-state index contributed by atoms with van der Waals surface area (Å²) < 4.78 is 25.0. The molecular formula is C21H32O5. The highest BCUT2D eigenvalue weighted by molar-refractivity contribution is 5.19. The van der Waals surface area contributed by atoms with Crippen molar-refractivity contribution in [3.8, 4) is 0 Å². The lowest BCUT2D eigenvalue weighted by atomic mass is 9.43. The zero-order valence-corrected chi connectivity index (χ0v) is 15.7. The van der Waals surface area contributed by atoms with Crippen LogP contribution in [0, 0.1) is 22.7 Å². The van der Waals surface area contributed by atoms with E-state index in [1.807, 2.05) is 0 Å². The van der Waals surface area contributed by atoms with Crippen molar-refractivity contribution in [2.45, 2.75) is 63.4 Å². The first-order valence-corrected chi connectivity index (χ1v) is 10.6. The third-order valence-electron chi connectivity index (χ3n) is 8.04. The summed E-state index contributed by atoms with van der Waals surface area (Å²) >= 11 is 0. The Morgan fingerprint density at radius 3 is 2.50 bits per heavy atom. The number of hydrogen-bond acceptors (Lipinski definition) is 5. The standard InChI is InChI=1S/C21H32O5/c22-11-10-19-6-2-1-4-16(19)20(18-23-12-13-24-18)7-3-8-21(17(20)5-9-19)25-14-15-26-21/h2,6,16-18,22H,1,3-5,7-15H2/t16-,17+,19-,20-/m1/s1. The first kappa shape index (κ1) is 17.6. The van der Waals surface area contributed by atoms with Crippen molar-refractivity contribution in [1.82, 2.24) is 0 Å². The van der Waals surface area contributed by atoms with Gasteiger partial charge in [-0.05, 0) is 56.3 Å². The number of aliphatic hydroxyl groups excluding tert-OH is 1.